The van der Waals surface area contributed by atoms with Gasteiger partial charge in [-0.05, 0) is 72.0 Å². The zero-order valence-electron chi connectivity index (χ0n) is 21.8. The Kier molecular flexibility index (Phi) is 7.26. The van der Waals surface area contributed by atoms with Crippen molar-refractivity contribution in [3.63, 3.8) is 0 Å². The van der Waals surface area contributed by atoms with E-state index in [1.165, 1.54) is 12.1 Å². The molecule has 6 rings (SSSR count). The average molecular weight is 536 g/mol. The van der Waals surface area contributed by atoms with E-state index in [0.29, 0.717) is 35.4 Å². The lowest BCUT2D eigenvalue weighted by Gasteiger charge is -2.15. The molecule has 4 aromatic carbocycles. The normalized spacial score (nSPS) is 14.9. The van der Waals surface area contributed by atoms with Crippen molar-refractivity contribution in [2.75, 3.05) is 6.61 Å². The van der Waals surface area contributed by atoms with Gasteiger partial charge in [0.15, 0.2) is 0 Å². The number of benzene rings is 4. The molecule has 0 spiro atoms. The van der Waals surface area contributed by atoms with E-state index < -0.39 is 5.82 Å². The lowest BCUT2D eigenvalue weighted by Crippen LogP contribution is -2.17. The van der Waals surface area contributed by atoms with Crippen molar-refractivity contribution >= 4 is 11.0 Å². The number of nitrogens with zero attached hydrogens (tertiary/aromatic N) is 3. The van der Waals surface area contributed by atoms with Gasteiger partial charge in [0.25, 0.3) is 0 Å². The van der Waals surface area contributed by atoms with E-state index in [4.69, 9.17) is 19.7 Å². The van der Waals surface area contributed by atoms with Crippen molar-refractivity contribution in [3.05, 3.63) is 119 Å². The molecule has 200 valence electrons. The fraction of sp³-hybridized carbons (Fsp3) is 0.212. The molecule has 0 N–H and O–H groups in total. The Labute approximate surface area is 231 Å². The Bertz CT molecular complexity index is 1720. The van der Waals surface area contributed by atoms with Crippen LogP contribution >= 0.6 is 0 Å². The molecule has 0 saturated carbocycles. The third kappa shape index (κ3) is 5.45. The molecule has 1 aliphatic heterocycles. The van der Waals surface area contributed by atoms with Crippen LogP contribution in [0, 0.1) is 23.0 Å². The number of halogens is 2. The minimum atomic E-state index is -0.489. The van der Waals surface area contributed by atoms with Gasteiger partial charge in [0.1, 0.15) is 29.8 Å². The molecule has 0 bridgehead atoms. The molecule has 5 nitrogen and oxygen atoms in total. The monoisotopic (exact) mass is 535 g/mol. The Hall–Kier alpha value is -4.54. The van der Waals surface area contributed by atoms with Gasteiger partial charge >= 0.3 is 0 Å². The number of fused-ring (bicyclic) bond motifs is 1. The highest BCUT2D eigenvalue weighted by molar-refractivity contribution is 5.76. The number of nitriles is 1. The van der Waals surface area contributed by atoms with Gasteiger partial charge in [0, 0.05) is 18.6 Å². The highest BCUT2D eigenvalue weighted by Gasteiger charge is 2.20. The number of hydrogen-bond donors (Lipinski definition) is 0. The molecule has 1 aromatic heterocycles. The van der Waals surface area contributed by atoms with Crippen molar-refractivity contribution < 1.29 is 18.3 Å². The van der Waals surface area contributed by atoms with Gasteiger partial charge in [-0.15, -0.1) is 0 Å². The molecule has 1 fully saturated rings. The number of para-hydroxylation sites is 2. The maximum absolute atomic E-state index is 15.4. The van der Waals surface area contributed by atoms with Crippen LogP contribution in [0.1, 0.15) is 35.4 Å². The molecule has 0 amide bonds. The van der Waals surface area contributed by atoms with E-state index in [-0.39, 0.29) is 24.1 Å². The van der Waals surface area contributed by atoms with Crippen molar-refractivity contribution in [1.82, 2.24) is 9.55 Å². The smallest absolute Gasteiger partial charge is 0.131 e. The van der Waals surface area contributed by atoms with Crippen LogP contribution in [-0.4, -0.2) is 22.3 Å². The fourth-order valence-electron chi connectivity index (χ4n) is 5.16. The predicted molar refractivity (Wildman–Crippen MR) is 149 cm³/mol. The first kappa shape index (κ1) is 25.7. The zero-order valence-corrected chi connectivity index (χ0v) is 21.8. The van der Waals surface area contributed by atoms with E-state index in [1.807, 2.05) is 48.5 Å². The summed E-state index contributed by atoms with van der Waals surface area (Å²) in [6.45, 7) is 1.50. The topological polar surface area (TPSA) is 60.1 Å². The summed E-state index contributed by atoms with van der Waals surface area (Å²) in [4.78, 5) is 4.83. The standard InChI is InChI=1S/C33H27F2N3O2/c34-29-15-22(19-36)10-11-26(29)21-40-27-6-3-5-23(16-27)24-12-13-25(30(35)17-24)18-33-37-31-8-1-2-9-32(31)38(33)20-28-7-4-14-39-28/h1-3,5-6,8-13,15-17,28H,4,7,14,18,20-21H2. The Morgan fingerprint density at radius 3 is 2.55 bits per heavy atom. The molecular formula is C33H27F2N3O2. The van der Waals surface area contributed by atoms with Gasteiger partial charge in [-0.25, -0.2) is 13.8 Å². The molecule has 5 aromatic rings. The Morgan fingerprint density at radius 2 is 1.75 bits per heavy atom. The molecule has 7 heteroatoms. The molecular weight excluding hydrogens is 508 g/mol. The lowest BCUT2D eigenvalue weighted by molar-refractivity contribution is 0.0973. The number of imidazole rings is 1. The van der Waals surface area contributed by atoms with Crippen LogP contribution in [0.3, 0.4) is 0 Å². The second kappa shape index (κ2) is 11.3. The molecule has 1 atom stereocenters. The Balaban J connectivity index is 1.20. The number of aromatic nitrogens is 2. The van der Waals surface area contributed by atoms with E-state index in [0.717, 1.165) is 41.9 Å². The molecule has 0 aliphatic carbocycles. The quantitative estimate of drug-likeness (QED) is 0.211. The first-order valence-electron chi connectivity index (χ1n) is 13.3. The van der Waals surface area contributed by atoms with E-state index in [9.17, 15) is 4.39 Å². The summed E-state index contributed by atoms with van der Waals surface area (Å²) in [7, 11) is 0. The summed E-state index contributed by atoms with van der Waals surface area (Å²) < 4.78 is 43.5. The van der Waals surface area contributed by atoms with Crippen LogP contribution in [0.15, 0.2) is 84.9 Å². The second-order valence-corrected chi connectivity index (χ2v) is 9.98. The molecule has 1 aliphatic rings. The highest BCUT2D eigenvalue weighted by atomic mass is 19.1. The van der Waals surface area contributed by atoms with Crippen LogP contribution in [-0.2, 0) is 24.3 Å². The first-order chi connectivity index (χ1) is 19.6. The van der Waals surface area contributed by atoms with Crippen LogP contribution < -0.4 is 4.74 Å². The number of rotatable bonds is 8. The van der Waals surface area contributed by atoms with Crippen LogP contribution in [0.2, 0.25) is 0 Å². The third-order valence-electron chi connectivity index (χ3n) is 7.29. The second-order valence-electron chi connectivity index (χ2n) is 9.98. The average Bonchev–Trinajstić information content (AvgIpc) is 3.62. The summed E-state index contributed by atoms with van der Waals surface area (Å²) >= 11 is 0. The van der Waals surface area contributed by atoms with Crippen molar-refractivity contribution in [3.8, 4) is 22.9 Å². The molecule has 1 saturated heterocycles. The maximum atomic E-state index is 15.4. The highest BCUT2D eigenvalue weighted by Crippen LogP contribution is 2.28. The summed E-state index contributed by atoms with van der Waals surface area (Å²) in [6.07, 6.45) is 2.58. The van der Waals surface area contributed by atoms with Crippen LogP contribution in [0.25, 0.3) is 22.2 Å². The minimum absolute atomic E-state index is 0.0151. The van der Waals surface area contributed by atoms with Gasteiger partial charge in [-0.2, -0.15) is 5.26 Å². The lowest BCUT2D eigenvalue weighted by atomic mass is 10.0. The van der Waals surface area contributed by atoms with E-state index in [2.05, 4.69) is 4.57 Å². The van der Waals surface area contributed by atoms with Crippen molar-refractivity contribution in [1.29, 1.82) is 5.26 Å². The van der Waals surface area contributed by atoms with E-state index >= 15 is 4.39 Å². The van der Waals surface area contributed by atoms with Gasteiger partial charge in [0.05, 0.1) is 35.3 Å². The number of hydrogen-bond acceptors (Lipinski definition) is 4. The molecule has 0 radical (unpaired) electrons. The predicted octanol–water partition coefficient (Wildman–Crippen LogP) is 7.20. The SMILES string of the molecule is N#Cc1ccc(COc2cccc(-c3ccc(Cc4nc5ccccc5n4CC4CCCO4)c(F)c3)c2)c(F)c1. The van der Waals surface area contributed by atoms with Crippen molar-refractivity contribution in [2.24, 2.45) is 0 Å². The van der Waals surface area contributed by atoms with Gasteiger partial charge in [-0.1, -0.05) is 42.5 Å². The maximum Gasteiger partial charge on any atom is 0.131 e. The van der Waals surface area contributed by atoms with Crippen LogP contribution in [0.5, 0.6) is 5.75 Å². The summed E-state index contributed by atoms with van der Waals surface area (Å²) in [5.41, 5.74) is 4.60. The van der Waals surface area contributed by atoms with Gasteiger partial charge in [0.2, 0.25) is 0 Å². The fourth-order valence-corrected chi connectivity index (χ4v) is 5.16. The third-order valence-corrected chi connectivity index (χ3v) is 7.29. The molecule has 1 unspecified atom stereocenters. The summed E-state index contributed by atoms with van der Waals surface area (Å²) in [5, 5.41) is 8.92. The van der Waals surface area contributed by atoms with Gasteiger partial charge < -0.3 is 14.0 Å². The molecule has 40 heavy (non-hydrogen) atoms. The zero-order chi connectivity index (χ0) is 27.5. The molecule has 2 heterocycles. The van der Waals surface area contributed by atoms with Gasteiger partial charge in [-0.3, -0.25) is 0 Å². The van der Waals surface area contributed by atoms with Crippen LogP contribution in [0.4, 0.5) is 8.78 Å². The van der Waals surface area contributed by atoms with Crippen molar-refractivity contribution in [2.45, 2.75) is 38.5 Å². The largest absolute Gasteiger partial charge is 0.489 e. The number of ether oxygens (including phenoxy) is 2. The minimum Gasteiger partial charge on any atom is -0.489 e. The summed E-state index contributed by atoms with van der Waals surface area (Å²) in [5.74, 6) is 0.554. The Morgan fingerprint density at radius 1 is 0.925 bits per heavy atom. The summed E-state index contributed by atoms with van der Waals surface area (Å²) in [6, 6.07) is 26.7. The van der Waals surface area contributed by atoms with E-state index in [1.54, 1.807) is 30.3 Å². The first-order valence-corrected chi connectivity index (χ1v) is 13.3.